The number of nitrogens with one attached hydrogen (secondary N) is 2. The quantitative estimate of drug-likeness (QED) is 0.881. The average molecular weight is 290 g/mol. The van der Waals surface area contributed by atoms with Crippen molar-refractivity contribution in [2.75, 3.05) is 6.54 Å². The lowest BCUT2D eigenvalue weighted by Gasteiger charge is -2.15. The molecule has 2 atom stereocenters. The zero-order valence-electron chi connectivity index (χ0n) is 10.5. The third-order valence-electron chi connectivity index (χ3n) is 3.60. The van der Waals surface area contributed by atoms with Crippen LogP contribution in [0.15, 0.2) is 9.00 Å². The van der Waals surface area contributed by atoms with E-state index in [0.717, 1.165) is 17.8 Å². The van der Waals surface area contributed by atoms with Crippen LogP contribution >= 0.6 is 11.3 Å². The number of hydrogen-bond donors (Lipinski definition) is 2. The molecule has 1 aliphatic rings. The summed E-state index contributed by atoms with van der Waals surface area (Å²) in [6.07, 6.45) is 3.42. The fraction of sp³-hybridized carbons (Fsp3) is 0.727. The van der Waals surface area contributed by atoms with Crippen LogP contribution in [0.2, 0.25) is 0 Å². The van der Waals surface area contributed by atoms with Crippen molar-refractivity contribution in [3.05, 3.63) is 15.4 Å². The van der Waals surface area contributed by atoms with E-state index < -0.39 is 10.0 Å². The van der Waals surface area contributed by atoms with Crippen molar-refractivity contribution in [1.29, 1.82) is 0 Å². The molecule has 0 spiro atoms. The summed E-state index contributed by atoms with van der Waals surface area (Å²) in [5.74, 6) is 0.981. The minimum absolute atomic E-state index is 0.109. The van der Waals surface area contributed by atoms with Gasteiger partial charge in [0.1, 0.15) is 0 Å². The highest BCUT2D eigenvalue weighted by Gasteiger charge is 2.26. The highest BCUT2D eigenvalue weighted by molar-refractivity contribution is 7.91. The van der Waals surface area contributed by atoms with E-state index in [2.05, 4.69) is 16.6 Å². The molecular weight excluding hydrogens is 272 g/mol. The summed E-state index contributed by atoms with van der Waals surface area (Å²) < 4.78 is 26.9. The van der Waals surface area contributed by atoms with E-state index in [0.29, 0.717) is 24.1 Å². The molecule has 2 N–H and O–H groups in total. The summed E-state index contributed by atoms with van der Waals surface area (Å²) in [5, 5.41) is 0. The second-order valence-electron chi connectivity index (χ2n) is 4.95. The number of sulfonamides is 1. The van der Waals surface area contributed by atoms with Gasteiger partial charge in [-0.05, 0) is 25.2 Å². The minimum Gasteiger partial charge on any atom is -0.315 e. The lowest BCUT2D eigenvalue weighted by Crippen LogP contribution is -2.30. The molecule has 1 aromatic rings. The van der Waals surface area contributed by atoms with E-state index >= 15 is 0 Å². The molecule has 5 nitrogen and oxygen atoms in total. The van der Waals surface area contributed by atoms with Crippen LogP contribution in [0.3, 0.4) is 0 Å². The molecule has 1 aliphatic carbocycles. The van der Waals surface area contributed by atoms with E-state index in [1.54, 1.807) is 6.92 Å². The standard InChI is InChI=1S/C11H18N2O3S2/c1-7-4-3-5-9(7)6-12-18(15,16)10-8(2)13-11(14)17-10/h7,9,12H,3-6H2,1-2H3,(H,13,14). The third kappa shape index (κ3) is 2.84. The van der Waals surface area contributed by atoms with Crippen LogP contribution in [-0.4, -0.2) is 19.9 Å². The molecule has 0 aliphatic heterocycles. The van der Waals surface area contributed by atoms with Crippen LogP contribution in [0.25, 0.3) is 0 Å². The van der Waals surface area contributed by atoms with Gasteiger partial charge in [0.05, 0.1) is 0 Å². The fourth-order valence-corrected chi connectivity index (χ4v) is 4.89. The van der Waals surface area contributed by atoms with Gasteiger partial charge in [-0.3, -0.25) is 4.79 Å². The van der Waals surface area contributed by atoms with Crippen molar-refractivity contribution in [2.24, 2.45) is 11.8 Å². The summed E-state index contributed by atoms with van der Waals surface area (Å²) in [7, 11) is -3.54. The Morgan fingerprint density at radius 2 is 2.17 bits per heavy atom. The van der Waals surface area contributed by atoms with Gasteiger partial charge in [-0.1, -0.05) is 31.1 Å². The van der Waals surface area contributed by atoms with Crippen LogP contribution in [0.4, 0.5) is 0 Å². The van der Waals surface area contributed by atoms with Gasteiger partial charge in [-0.15, -0.1) is 0 Å². The van der Waals surface area contributed by atoms with Crippen LogP contribution in [0, 0.1) is 18.8 Å². The van der Waals surface area contributed by atoms with Gasteiger partial charge in [0.15, 0.2) is 4.21 Å². The van der Waals surface area contributed by atoms with Gasteiger partial charge < -0.3 is 4.98 Å². The first-order valence-corrected chi connectivity index (χ1v) is 8.39. The molecule has 2 unspecified atom stereocenters. The largest absolute Gasteiger partial charge is 0.315 e. The molecule has 0 amide bonds. The van der Waals surface area contributed by atoms with Crippen molar-refractivity contribution in [3.8, 4) is 0 Å². The second kappa shape index (κ2) is 5.14. The Morgan fingerprint density at radius 1 is 1.44 bits per heavy atom. The second-order valence-corrected chi connectivity index (χ2v) is 7.89. The average Bonchev–Trinajstić information content (AvgIpc) is 2.82. The zero-order valence-corrected chi connectivity index (χ0v) is 12.2. The Kier molecular flexibility index (Phi) is 3.93. The molecular formula is C11H18N2O3S2. The molecule has 1 aromatic heterocycles. The molecule has 1 fully saturated rings. The Balaban J connectivity index is 2.08. The summed E-state index contributed by atoms with van der Waals surface area (Å²) in [6, 6.07) is 0. The molecule has 0 bridgehead atoms. The van der Waals surface area contributed by atoms with Crippen molar-refractivity contribution < 1.29 is 8.42 Å². The predicted octanol–water partition coefficient (Wildman–Crippen LogP) is 1.46. The summed E-state index contributed by atoms with van der Waals surface area (Å²) in [4.78, 5) is 13.3. The minimum atomic E-state index is -3.54. The molecule has 0 radical (unpaired) electrons. The van der Waals surface area contributed by atoms with Crippen molar-refractivity contribution >= 4 is 21.4 Å². The maximum absolute atomic E-state index is 12.1. The van der Waals surface area contributed by atoms with E-state index in [1.165, 1.54) is 12.8 Å². The maximum atomic E-state index is 12.1. The normalized spacial score (nSPS) is 24.6. The van der Waals surface area contributed by atoms with E-state index in [4.69, 9.17) is 0 Å². The van der Waals surface area contributed by atoms with Gasteiger partial charge >= 0.3 is 4.87 Å². The molecule has 102 valence electrons. The Labute approximate surface area is 111 Å². The fourth-order valence-electron chi connectivity index (χ4n) is 2.45. The van der Waals surface area contributed by atoms with E-state index in [9.17, 15) is 13.2 Å². The molecule has 2 rings (SSSR count). The molecule has 7 heteroatoms. The monoisotopic (exact) mass is 290 g/mol. The van der Waals surface area contributed by atoms with E-state index in [-0.39, 0.29) is 9.08 Å². The van der Waals surface area contributed by atoms with Crippen LogP contribution in [0.1, 0.15) is 31.9 Å². The zero-order chi connectivity index (χ0) is 13.3. The predicted molar refractivity (Wildman–Crippen MR) is 71.4 cm³/mol. The number of aromatic nitrogens is 1. The molecule has 0 saturated heterocycles. The van der Waals surface area contributed by atoms with Crippen LogP contribution < -0.4 is 9.60 Å². The van der Waals surface area contributed by atoms with Crippen molar-refractivity contribution in [2.45, 2.75) is 37.3 Å². The van der Waals surface area contributed by atoms with Gasteiger partial charge in [0.25, 0.3) is 10.0 Å². The van der Waals surface area contributed by atoms with Crippen molar-refractivity contribution in [1.82, 2.24) is 9.71 Å². The summed E-state index contributed by atoms with van der Waals surface area (Å²) in [5.41, 5.74) is 0.414. The SMILES string of the molecule is Cc1[nH]c(=O)sc1S(=O)(=O)NCC1CCCC1C. The number of H-pyrrole nitrogens is 1. The number of aromatic amines is 1. The maximum Gasteiger partial charge on any atom is 0.305 e. The smallest absolute Gasteiger partial charge is 0.305 e. The van der Waals surface area contributed by atoms with Crippen molar-refractivity contribution in [3.63, 3.8) is 0 Å². The van der Waals surface area contributed by atoms with Crippen LogP contribution in [-0.2, 0) is 10.0 Å². The first-order chi connectivity index (χ1) is 8.40. The molecule has 1 heterocycles. The molecule has 1 saturated carbocycles. The van der Waals surface area contributed by atoms with Gasteiger partial charge in [-0.25, -0.2) is 13.1 Å². The third-order valence-corrected chi connectivity index (χ3v) is 6.63. The Bertz CT molecular complexity index is 573. The molecule has 18 heavy (non-hydrogen) atoms. The first-order valence-electron chi connectivity index (χ1n) is 6.09. The lowest BCUT2D eigenvalue weighted by molar-refractivity contribution is 0.414. The Morgan fingerprint density at radius 3 is 2.67 bits per heavy atom. The lowest BCUT2D eigenvalue weighted by atomic mass is 9.99. The van der Waals surface area contributed by atoms with Gasteiger partial charge in [0.2, 0.25) is 0 Å². The summed E-state index contributed by atoms with van der Waals surface area (Å²) in [6.45, 7) is 4.23. The number of hydrogen-bond acceptors (Lipinski definition) is 4. The Hall–Kier alpha value is -0.660. The summed E-state index contributed by atoms with van der Waals surface area (Å²) >= 11 is 0.743. The van der Waals surface area contributed by atoms with Crippen LogP contribution in [0.5, 0.6) is 0 Å². The van der Waals surface area contributed by atoms with Gasteiger partial charge in [0, 0.05) is 12.2 Å². The number of rotatable bonds is 4. The highest BCUT2D eigenvalue weighted by Crippen LogP contribution is 2.30. The number of aryl methyl sites for hydroxylation is 1. The van der Waals surface area contributed by atoms with Gasteiger partial charge in [-0.2, -0.15) is 0 Å². The highest BCUT2D eigenvalue weighted by atomic mass is 32.2. The van der Waals surface area contributed by atoms with E-state index in [1.807, 2.05) is 0 Å². The topological polar surface area (TPSA) is 79.0 Å². The first kappa shape index (κ1) is 13.8. The molecule has 0 aromatic carbocycles. The number of thiazole rings is 1.